The fraction of sp³-hybridized carbons (Fsp3) is 0.0714. The summed E-state index contributed by atoms with van der Waals surface area (Å²) in [5, 5.41) is 8.25. The molecule has 0 fully saturated rings. The summed E-state index contributed by atoms with van der Waals surface area (Å²) in [7, 11) is 0. The van der Waals surface area contributed by atoms with E-state index in [-0.39, 0.29) is 0 Å². The molecule has 1 aliphatic rings. The Kier molecular flexibility index (Phi) is 2.84. The van der Waals surface area contributed by atoms with Crippen molar-refractivity contribution in [2.75, 3.05) is 0 Å². The van der Waals surface area contributed by atoms with Crippen LogP contribution >= 0.6 is 0 Å². The molecule has 0 radical (unpaired) electrons. The van der Waals surface area contributed by atoms with E-state index < -0.39 is 0 Å². The molecule has 0 unspecified atom stereocenters. The lowest BCUT2D eigenvalue weighted by atomic mass is 10.1. The second-order valence-electron chi connectivity index (χ2n) is 3.87. The van der Waals surface area contributed by atoms with Gasteiger partial charge < -0.3 is 4.74 Å². The molecule has 0 bridgehead atoms. The highest BCUT2D eigenvalue weighted by molar-refractivity contribution is 5.49. The number of hydrogen-bond acceptors (Lipinski definition) is 4. The Labute approximate surface area is 105 Å². The quantitative estimate of drug-likeness (QED) is 0.742. The minimum absolute atomic E-state index is 0.603. The highest BCUT2D eigenvalue weighted by atomic mass is 16.5. The van der Waals surface area contributed by atoms with Gasteiger partial charge >= 0.3 is 0 Å². The summed E-state index contributed by atoms with van der Waals surface area (Å²) in [6, 6.07) is 11.3. The van der Waals surface area contributed by atoms with E-state index in [0.717, 1.165) is 23.4 Å². The van der Waals surface area contributed by atoms with Gasteiger partial charge in [0, 0.05) is 11.8 Å². The third kappa shape index (κ3) is 2.27. The van der Waals surface area contributed by atoms with Gasteiger partial charge in [0.1, 0.15) is 5.75 Å². The summed E-state index contributed by atoms with van der Waals surface area (Å²) in [6.45, 7) is 0. The Bertz CT molecular complexity index is 606. The average molecular weight is 237 g/mol. The molecule has 3 rings (SSSR count). The first-order valence-corrected chi connectivity index (χ1v) is 5.69. The standard InChI is InChI=1S/C14H11N3O/c1-2-8-15-14(5-1)17-16-12-6-7-13-11(10-12)4-3-9-18-13/h1-3,5-10H,4H2. The SMILES string of the molecule is C1=COc2ccc(N=Nc3ccccn3)cc2C1. The molecule has 0 amide bonds. The van der Waals surface area contributed by atoms with Gasteiger partial charge in [0.2, 0.25) is 0 Å². The van der Waals surface area contributed by atoms with Crippen molar-refractivity contribution >= 4 is 11.5 Å². The average Bonchev–Trinajstić information content (AvgIpc) is 2.46. The first kappa shape index (κ1) is 10.7. The zero-order valence-electron chi connectivity index (χ0n) is 9.65. The molecule has 0 N–H and O–H groups in total. The lowest BCUT2D eigenvalue weighted by Gasteiger charge is -2.11. The fourth-order valence-electron chi connectivity index (χ4n) is 1.72. The lowest BCUT2D eigenvalue weighted by molar-refractivity contribution is 0.465. The first-order valence-electron chi connectivity index (χ1n) is 5.69. The molecule has 0 atom stereocenters. The molecular formula is C14H11N3O. The van der Waals surface area contributed by atoms with E-state index in [1.165, 1.54) is 0 Å². The number of allylic oxidation sites excluding steroid dienone is 1. The molecule has 2 aromatic rings. The monoisotopic (exact) mass is 237 g/mol. The van der Waals surface area contributed by atoms with E-state index in [9.17, 15) is 0 Å². The molecule has 1 aliphatic heterocycles. The van der Waals surface area contributed by atoms with Crippen LogP contribution in [-0.4, -0.2) is 4.98 Å². The molecule has 2 heterocycles. The van der Waals surface area contributed by atoms with Gasteiger partial charge in [0.15, 0.2) is 5.82 Å². The molecule has 4 heteroatoms. The Morgan fingerprint density at radius 3 is 3.00 bits per heavy atom. The van der Waals surface area contributed by atoms with Gasteiger partial charge in [-0.1, -0.05) is 6.07 Å². The summed E-state index contributed by atoms with van der Waals surface area (Å²) in [4.78, 5) is 4.09. The number of nitrogens with zero attached hydrogens (tertiary/aromatic N) is 3. The van der Waals surface area contributed by atoms with Crippen molar-refractivity contribution < 1.29 is 4.74 Å². The van der Waals surface area contributed by atoms with Crippen molar-refractivity contribution in [2.45, 2.75) is 6.42 Å². The zero-order valence-corrected chi connectivity index (χ0v) is 9.65. The van der Waals surface area contributed by atoms with Gasteiger partial charge in [-0.2, -0.15) is 0 Å². The molecule has 1 aromatic carbocycles. The van der Waals surface area contributed by atoms with Crippen molar-refractivity contribution in [3.8, 4) is 5.75 Å². The third-order valence-corrected chi connectivity index (χ3v) is 2.59. The smallest absolute Gasteiger partial charge is 0.174 e. The Morgan fingerprint density at radius 1 is 1.11 bits per heavy atom. The number of rotatable bonds is 2. The van der Waals surface area contributed by atoms with E-state index in [2.05, 4.69) is 15.2 Å². The van der Waals surface area contributed by atoms with Crippen LogP contribution in [0.2, 0.25) is 0 Å². The molecule has 0 saturated heterocycles. The number of hydrogen-bond donors (Lipinski definition) is 0. The number of pyridine rings is 1. The molecular weight excluding hydrogens is 226 g/mol. The van der Waals surface area contributed by atoms with Gasteiger partial charge in [0.25, 0.3) is 0 Å². The lowest BCUT2D eigenvalue weighted by Crippen LogP contribution is -1.95. The Balaban J connectivity index is 1.84. The van der Waals surface area contributed by atoms with E-state index in [1.54, 1.807) is 12.5 Å². The third-order valence-electron chi connectivity index (χ3n) is 2.59. The van der Waals surface area contributed by atoms with E-state index in [4.69, 9.17) is 4.74 Å². The van der Waals surface area contributed by atoms with Gasteiger partial charge in [-0.05, 0) is 42.8 Å². The maximum absolute atomic E-state index is 5.38. The van der Waals surface area contributed by atoms with Crippen molar-refractivity contribution in [1.29, 1.82) is 0 Å². The number of ether oxygens (including phenoxy) is 1. The summed E-state index contributed by atoms with van der Waals surface area (Å²) >= 11 is 0. The van der Waals surface area contributed by atoms with Gasteiger partial charge in [-0.25, -0.2) is 4.98 Å². The van der Waals surface area contributed by atoms with Crippen LogP contribution in [0.3, 0.4) is 0 Å². The van der Waals surface area contributed by atoms with E-state index in [0.29, 0.717) is 5.82 Å². The second-order valence-corrected chi connectivity index (χ2v) is 3.87. The Hall–Kier alpha value is -2.49. The van der Waals surface area contributed by atoms with Crippen LogP contribution in [0.25, 0.3) is 0 Å². The molecule has 0 saturated carbocycles. The summed E-state index contributed by atoms with van der Waals surface area (Å²) in [5.41, 5.74) is 1.92. The normalized spacial score (nSPS) is 13.3. The van der Waals surface area contributed by atoms with Crippen LogP contribution in [-0.2, 0) is 6.42 Å². The van der Waals surface area contributed by atoms with Gasteiger partial charge in [-0.3, -0.25) is 0 Å². The number of fused-ring (bicyclic) bond motifs is 1. The predicted octanol–water partition coefficient (Wildman–Crippen LogP) is 3.95. The highest BCUT2D eigenvalue weighted by Gasteiger charge is 2.06. The molecule has 88 valence electrons. The number of azo groups is 1. The topological polar surface area (TPSA) is 46.8 Å². The van der Waals surface area contributed by atoms with Crippen molar-refractivity contribution in [3.05, 3.63) is 60.5 Å². The molecule has 0 aliphatic carbocycles. The molecule has 1 aromatic heterocycles. The number of benzene rings is 1. The van der Waals surface area contributed by atoms with Gasteiger partial charge in [-0.15, -0.1) is 10.2 Å². The van der Waals surface area contributed by atoms with Crippen LogP contribution in [0, 0.1) is 0 Å². The van der Waals surface area contributed by atoms with Crippen LogP contribution in [0.1, 0.15) is 5.56 Å². The first-order chi connectivity index (χ1) is 8.92. The van der Waals surface area contributed by atoms with Crippen molar-refractivity contribution in [3.63, 3.8) is 0 Å². The second kappa shape index (κ2) is 4.79. The Morgan fingerprint density at radius 2 is 2.11 bits per heavy atom. The van der Waals surface area contributed by atoms with Crippen LogP contribution < -0.4 is 4.74 Å². The highest BCUT2D eigenvalue weighted by Crippen LogP contribution is 2.28. The summed E-state index contributed by atoms with van der Waals surface area (Å²) < 4.78 is 5.38. The predicted molar refractivity (Wildman–Crippen MR) is 68.3 cm³/mol. The minimum atomic E-state index is 0.603. The zero-order chi connectivity index (χ0) is 12.2. The summed E-state index contributed by atoms with van der Waals surface area (Å²) in [5.74, 6) is 1.49. The largest absolute Gasteiger partial charge is 0.465 e. The summed E-state index contributed by atoms with van der Waals surface area (Å²) in [6.07, 6.45) is 6.24. The van der Waals surface area contributed by atoms with E-state index >= 15 is 0 Å². The molecule has 0 spiro atoms. The number of aromatic nitrogens is 1. The molecule has 18 heavy (non-hydrogen) atoms. The van der Waals surface area contributed by atoms with Crippen molar-refractivity contribution in [2.24, 2.45) is 10.2 Å². The van der Waals surface area contributed by atoms with Gasteiger partial charge in [0.05, 0.1) is 11.9 Å². The maximum Gasteiger partial charge on any atom is 0.174 e. The van der Waals surface area contributed by atoms with Crippen molar-refractivity contribution in [1.82, 2.24) is 4.98 Å². The molecule has 4 nitrogen and oxygen atoms in total. The van der Waals surface area contributed by atoms with E-state index in [1.807, 2.05) is 42.5 Å². The van der Waals surface area contributed by atoms with Crippen LogP contribution in [0.5, 0.6) is 5.75 Å². The minimum Gasteiger partial charge on any atom is -0.465 e. The fourth-order valence-corrected chi connectivity index (χ4v) is 1.72. The van der Waals surface area contributed by atoms with Crippen LogP contribution in [0.4, 0.5) is 11.5 Å². The maximum atomic E-state index is 5.38. The van der Waals surface area contributed by atoms with Crippen LogP contribution in [0.15, 0.2) is 65.2 Å².